The topological polar surface area (TPSA) is 268 Å². The Morgan fingerprint density at radius 1 is 0.719 bits per heavy atom. The van der Waals surface area contributed by atoms with E-state index < -0.39 is 92.2 Å². The third-order valence-electron chi connectivity index (χ3n) is 6.41. The van der Waals surface area contributed by atoms with Crippen molar-refractivity contribution in [2.24, 2.45) is 28.7 Å². The molecule has 1 saturated carbocycles. The van der Waals surface area contributed by atoms with Gasteiger partial charge in [0, 0.05) is 18.6 Å². The van der Waals surface area contributed by atoms with Gasteiger partial charge in [-0.15, -0.1) is 0 Å². The Morgan fingerprint density at radius 3 is 1.84 bits per heavy atom. The van der Waals surface area contributed by atoms with Gasteiger partial charge in [0.25, 0.3) is 0 Å². The Labute approximate surface area is 185 Å². The molecule has 188 valence electrons. The van der Waals surface area contributed by atoms with E-state index in [2.05, 4.69) is 0 Å². The molecule has 15 N–H and O–H groups in total. The first-order chi connectivity index (χ1) is 15.1. The molecule has 0 aromatic rings. The second-order valence-corrected chi connectivity index (χ2v) is 8.78. The lowest BCUT2D eigenvalue weighted by molar-refractivity contribution is -0.314. The molecule has 0 aromatic heterocycles. The van der Waals surface area contributed by atoms with E-state index in [1.807, 2.05) is 0 Å². The zero-order chi connectivity index (χ0) is 23.7. The number of aliphatic hydroxyl groups excluding tert-OH is 5. The summed E-state index contributed by atoms with van der Waals surface area (Å²) in [4.78, 5) is 0. The molecule has 2 heterocycles. The smallest absolute Gasteiger partial charge is 0.186 e. The largest absolute Gasteiger partial charge is 0.394 e. The summed E-state index contributed by atoms with van der Waals surface area (Å²) in [5.41, 5.74) is 29.8. The Bertz CT molecular complexity index is 607. The second-order valence-electron chi connectivity index (χ2n) is 8.78. The monoisotopic (exact) mass is 467 g/mol. The molecule has 3 aliphatic rings. The third kappa shape index (κ3) is 5.24. The first-order valence-electron chi connectivity index (χ1n) is 10.8. The van der Waals surface area contributed by atoms with Crippen molar-refractivity contribution in [3.05, 3.63) is 0 Å². The fourth-order valence-corrected chi connectivity index (χ4v) is 4.43. The lowest BCUT2D eigenvalue weighted by Gasteiger charge is -2.47. The molecule has 14 nitrogen and oxygen atoms in total. The molecule has 0 bridgehead atoms. The molecular formula is C18H37N5O9. The zero-order valence-electron chi connectivity index (χ0n) is 17.7. The maximum atomic E-state index is 11.0. The van der Waals surface area contributed by atoms with Crippen LogP contribution in [-0.2, 0) is 18.9 Å². The molecule has 2 saturated heterocycles. The van der Waals surface area contributed by atoms with Crippen LogP contribution in [0.3, 0.4) is 0 Å². The van der Waals surface area contributed by atoms with E-state index in [1.54, 1.807) is 0 Å². The van der Waals surface area contributed by atoms with E-state index in [1.165, 1.54) is 0 Å². The highest BCUT2D eigenvalue weighted by atomic mass is 16.7. The number of hydrogen-bond acceptors (Lipinski definition) is 14. The van der Waals surface area contributed by atoms with Gasteiger partial charge >= 0.3 is 0 Å². The predicted molar refractivity (Wildman–Crippen MR) is 108 cm³/mol. The highest BCUT2D eigenvalue weighted by Gasteiger charge is 2.50. The minimum Gasteiger partial charge on any atom is -0.394 e. The van der Waals surface area contributed by atoms with Crippen LogP contribution in [0.1, 0.15) is 12.8 Å². The highest BCUT2D eigenvalue weighted by Crippen LogP contribution is 2.30. The molecule has 0 aromatic carbocycles. The van der Waals surface area contributed by atoms with Gasteiger partial charge in [0.15, 0.2) is 12.6 Å². The summed E-state index contributed by atoms with van der Waals surface area (Å²) in [6, 6.07) is -3.27. The van der Waals surface area contributed by atoms with Gasteiger partial charge in [-0.2, -0.15) is 0 Å². The molecule has 14 heteroatoms. The van der Waals surface area contributed by atoms with Crippen LogP contribution >= 0.6 is 0 Å². The lowest BCUT2D eigenvalue weighted by Crippen LogP contribution is -2.68. The zero-order valence-corrected chi connectivity index (χ0v) is 17.7. The lowest BCUT2D eigenvalue weighted by atomic mass is 9.84. The van der Waals surface area contributed by atoms with E-state index in [-0.39, 0.29) is 19.4 Å². The number of rotatable bonds is 6. The van der Waals surface area contributed by atoms with Crippen LogP contribution in [0.25, 0.3) is 0 Å². The number of nitrogens with two attached hydrogens (primary N) is 5. The van der Waals surface area contributed by atoms with E-state index in [0.29, 0.717) is 0 Å². The van der Waals surface area contributed by atoms with Crippen LogP contribution in [0.15, 0.2) is 0 Å². The maximum absolute atomic E-state index is 11.0. The summed E-state index contributed by atoms with van der Waals surface area (Å²) in [6.45, 7) is -0.499. The number of hydrogen-bond donors (Lipinski definition) is 10. The summed E-state index contributed by atoms with van der Waals surface area (Å²) in [5, 5.41) is 50.7. The van der Waals surface area contributed by atoms with E-state index in [4.69, 9.17) is 47.6 Å². The minimum absolute atomic E-state index is 0.0542. The van der Waals surface area contributed by atoms with Crippen molar-refractivity contribution < 1.29 is 44.5 Å². The number of aliphatic hydroxyl groups is 5. The van der Waals surface area contributed by atoms with Crippen molar-refractivity contribution in [1.82, 2.24) is 0 Å². The molecule has 14 atom stereocenters. The van der Waals surface area contributed by atoms with E-state index in [9.17, 15) is 25.5 Å². The molecule has 7 unspecified atom stereocenters. The molecule has 0 amide bonds. The van der Waals surface area contributed by atoms with Crippen LogP contribution in [0.2, 0.25) is 0 Å². The van der Waals surface area contributed by atoms with Gasteiger partial charge in [-0.25, -0.2) is 0 Å². The van der Waals surface area contributed by atoms with Gasteiger partial charge in [0.05, 0.1) is 30.9 Å². The van der Waals surface area contributed by atoms with Gasteiger partial charge in [0.2, 0.25) is 0 Å². The first kappa shape index (κ1) is 26.1. The summed E-state index contributed by atoms with van der Waals surface area (Å²) in [5.74, 6) is 0. The minimum atomic E-state index is -1.44. The predicted octanol–water partition coefficient (Wildman–Crippen LogP) is -6.30. The van der Waals surface area contributed by atoms with Gasteiger partial charge in [0.1, 0.15) is 36.6 Å². The normalized spacial score (nSPS) is 52.7. The van der Waals surface area contributed by atoms with Gasteiger partial charge < -0.3 is 73.1 Å². The van der Waals surface area contributed by atoms with Gasteiger partial charge in [-0.05, 0) is 12.8 Å². The SMILES string of the molecule is NCC1O[C@H](O[C@H]2C(N)C[C@H](N)C(OC3OC(CO)C(O)[C@H](N)[C@@H]3O)C2O)[C@H](N)C[C@H]1O. The summed E-state index contributed by atoms with van der Waals surface area (Å²) >= 11 is 0. The van der Waals surface area contributed by atoms with Crippen LogP contribution in [0, 0.1) is 0 Å². The quantitative estimate of drug-likeness (QED) is 0.174. The second kappa shape index (κ2) is 10.8. The van der Waals surface area contributed by atoms with Crippen molar-refractivity contribution in [3.8, 4) is 0 Å². The average molecular weight is 468 g/mol. The Morgan fingerprint density at radius 2 is 1.28 bits per heavy atom. The molecule has 0 spiro atoms. The highest BCUT2D eigenvalue weighted by molar-refractivity contribution is 5.01. The van der Waals surface area contributed by atoms with Crippen molar-refractivity contribution in [2.45, 2.75) is 98.4 Å². The average Bonchev–Trinajstić information content (AvgIpc) is 2.75. The summed E-state index contributed by atoms with van der Waals surface area (Å²) in [6.07, 6.45) is -10.8. The Kier molecular flexibility index (Phi) is 8.79. The Hall–Kier alpha value is -0.560. The summed E-state index contributed by atoms with van der Waals surface area (Å²) < 4.78 is 22.7. The standard InChI is InChI=1S/C18H37N5O9/c19-3-9-8(25)2-7(22)17(29-9)31-15-5(20)1-6(21)16(14(15)28)32-18-13(27)11(23)12(26)10(4-24)30-18/h5-18,24-28H,1-4,19-23H2/t5?,6-,7+,8+,9?,10?,11-,12?,13-,14?,15-,16?,17+,18?/m0/s1. The molecule has 32 heavy (non-hydrogen) atoms. The van der Waals surface area contributed by atoms with Crippen molar-refractivity contribution in [2.75, 3.05) is 13.2 Å². The van der Waals surface area contributed by atoms with Crippen LogP contribution in [0.4, 0.5) is 0 Å². The van der Waals surface area contributed by atoms with E-state index in [0.717, 1.165) is 0 Å². The molecule has 0 radical (unpaired) electrons. The first-order valence-corrected chi connectivity index (χ1v) is 10.8. The fraction of sp³-hybridized carbons (Fsp3) is 1.00. The van der Waals surface area contributed by atoms with Crippen LogP contribution in [-0.4, -0.2) is 124 Å². The van der Waals surface area contributed by atoms with Gasteiger partial charge in [-0.1, -0.05) is 0 Å². The maximum Gasteiger partial charge on any atom is 0.186 e. The summed E-state index contributed by atoms with van der Waals surface area (Å²) in [7, 11) is 0. The molecular weight excluding hydrogens is 430 g/mol. The van der Waals surface area contributed by atoms with Crippen molar-refractivity contribution in [3.63, 3.8) is 0 Å². The molecule has 1 aliphatic carbocycles. The molecule has 2 aliphatic heterocycles. The fourth-order valence-electron chi connectivity index (χ4n) is 4.43. The van der Waals surface area contributed by atoms with Crippen molar-refractivity contribution >= 4 is 0 Å². The van der Waals surface area contributed by atoms with Gasteiger partial charge in [-0.3, -0.25) is 0 Å². The number of ether oxygens (including phenoxy) is 4. The third-order valence-corrected chi connectivity index (χ3v) is 6.41. The van der Waals surface area contributed by atoms with Crippen molar-refractivity contribution in [1.29, 1.82) is 0 Å². The van der Waals surface area contributed by atoms with E-state index >= 15 is 0 Å². The molecule has 3 fully saturated rings. The van der Waals surface area contributed by atoms with Crippen LogP contribution in [0.5, 0.6) is 0 Å². The van der Waals surface area contributed by atoms with Crippen LogP contribution < -0.4 is 28.7 Å². The molecule has 3 rings (SSSR count). The Balaban J connectivity index is 1.70.